The molecular formula is C20H21FN2OS2. The van der Waals surface area contributed by atoms with E-state index in [0.717, 1.165) is 60.3 Å². The fourth-order valence-electron chi connectivity index (χ4n) is 3.19. The highest BCUT2D eigenvalue weighted by molar-refractivity contribution is 8.00. The van der Waals surface area contributed by atoms with Crippen LogP contribution in [0, 0.1) is 12.7 Å². The third-order valence-electron chi connectivity index (χ3n) is 4.69. The van der Waals surface area contributed by atoms with Crippen LogP contribution < -0.4 is 0 Å². The van der Waals surface area contributed by atoms with Crippen LogP contribution in [0.5, 0.6) is 0 Å². The SMILES string of the molecule is Cc1oc(-c2ccsc2)nc1CN1CCC(Sc2ccc(F)cc2)CC1. The van der Waals surface area contributed by atoms with Gasteiger partial charge in [-0.25, -0.2) is 9.37 Å². The average molecular weight is 389 g/mol. The van der Waals surface area contributed by atoms with Crippen molar-refractivity contribution < 1.29 is 8.81 Å². The monoisotopic (exact) mass is 388 g/mol. The van der Waals surface area contributed by atoms with Crippen LogP contribution in [0.3, 0.4) is 0 Å². The maximum Gasteiger partial charge on any atom is 0.227 e. The highest BCUT2D eigenvalue weighted by Gasteiger charge is 2.22. The number of piperidine rings is 1. The molecule has 1 saturated heterocycles. The summed E-state index contributed by atoms with van der Waals surface area (Å²) in [5.41, 5.74) is 2.09. The van der Waals surface area contributed by atoms with Crippen LogP contribution >= 0.6 is 23.1 Å². The lowest BCUT2D eigenvalue weighted by molar-refractivity contribution is 0.221. The lowest BCUT2D eigenvalue weighted by atomic mass is 10.1. The number of oxazole rings is 1. The molecular weight excluding hydrogens is 367 g/mol. The molecule has 0 N–H and O–H groups in total. The van der Waals surface area contributed by atoms with Crippen molar-refractivity contribution in [1.82, 2.24) is 9.88 Å². The predicted octanol–water partition coefficient (Wildman–Crippen LogP) is 5.61. The van der Waals surface area contributed by atoms with Gasteiger partial charge in [0.15, 0.2) is 0 Å². The second-order valence-corrected chi connectivity index (χ2v) is 8.74. The molecule has 0 atom stereocenters. The maximum absolute atomic E-state index is 13.0. The van der Waals surface area contributed by atoms with Gasteiger partial charge in [-0.1, -0.05) is 0 Å². The van der Waals surface area contributed by atoms with Gasteiger partial charge in [-0.05, 0) is 68.6 Å². The Morgan fingerprint density at radius 1 is 1.23 bits per heavy atom. The smallest absolute Gasteiger partial charge is 0.227 e. The number of thiophene rings is 1. The first-order chi connectivity index (χ1) is 12.7. The number of hydrogen-bond acceptors (Lipinski definition) is 5. The molecule has 0 bridgehead atoms. The zero-order valence-corrected chi connectivity index (χ0v) is 16.3. The summed E-state index contributed by atoms with van der Waals surface area (Å²) in [6, 6.07) is 8.86. The van der Waals surface area contributed by atoms with Crippen molar-refractivity contribution >= 4 is 23.1 Å². The van der Waals surface area contributed by atoms with Crippen molar-refractivity contribution in [2.75, 3.05) is 13.1 Å². The highest BCUT2D eigenvalue weighted by atomic mass is 32.2. The first-order valence-electron chi connectivity index (χ1n) is 8.81. The van der Waals surface area contributed by atoms with E-state index in [0.29, 0.717) is 5.25 Å². The molecule has 3 heterocycles. The molecule has 136 valence electrons. The van der Waals surface area contributed by atoms with E-state index in [1.165, 1.54) is 12.1 Å². The third kappa shape index (κ3) is 4.19. The van der Waals surface area contributed by atoms with E-state index in [1.54, 1.807) is 11.3 Å². The first-order valence-corrected chi connectivity index (χ1v) is 10.6. The Labute approximate surface area is 161 Å². The van der Waals surface area contributed by atoms with Gasteiger partial charge in [0.05, 0.1) is 5.69 Å². The van der Waals surface area contributed by atoms with E-state index in [2.05, 4.69) is 10.3 Å². The lowest BCUT2D eigenvalue weighted by Crippen LogP contribution is -2.34. The Bertz CT molecular complexity index is 837. The van der Waals surface area contributed by atoms with E-state index in [1.807, 2.05) is 42.3 Å². The normalized spacial score (nSPS) is 16.2. The molecule has 2 aromatic heterocycles. The maximum atomic E-state index is 13.0. The van der Waals surface area contributed by atoms with Crippen molar-refractivity contribution in [3.63, 3.8) is 0 Å². The average Bonchev–Trinajstić information content (AvgIpc) is 3.29. The minimum Gasteiger partial charge on any atom is -0.441 e. The molecule has 4 rings (SSSR count). The molecule has 0 unspecified atom stereocenters. The van der Waals surface area contributed by atoms with Gasteiger partial charge in [-0.3, -0.25) is 4.90 Å². The Balaban J connectivity index is 1.32. The third-order valence-corrected chi connectivity index (χ3v) is 6.72. The number of benzene rings is 1. The molecule has 0 amide bonds. The van der Waals surface area contributed by atoms with E-state index in [4.69, 9.17) is 9.40 Å². The van der Waals surface area contributed by atoms with Crippen LogP contribution in [0.4, 0.5) is 4.39 Å². The summed E-state index contributed by atoms with van der Waals surface area (Å²) in [5, 5.41) is 4.70. The number of aryl methyl sites for hydroxylation is 1. The van der Waals surface area contributed by atoms with Crippen LogP contribution in [0.1, 0.15) is 24.3 Å². The number of nitrogens with zero attached hydrogens (tertiary/aromatic N) is 2. The summed E-state index contributed by atoms with van der Waals surface area (Å²) in [7, 11) is 0. The zero-order valence-electron chi connectivity index (χ0n) is 14.7. The van der Waals surface area contributed by atoms with Gasteiger partial charge in [0, 0.05) is 27.6 Å². The second kappa shape index (κ2) is 7.94. The summed E-state index contributed by atoms with van der Waals surface area (Å²) in [5.74, 6) is 1.46. The van der Waals surface area contributed by atoms with Gasteiger partial charge in [0.1, 0.15) is 11.6 Å². The van der Waals surface area contributed by atoms with Crippen LogP contribution in [0.2, 0.25) is 0 Å². The number of likely N-dealkylation sites (tertiary alicyclic amines) is 1. The van der Waals surface area contributed by atoms with Crippen LogP contribution in [-0.2, 0) is 6.54 Å². The van der Waals surface area contributed by atoms with Crippen molar-refractivity contribution in [2.45, 2.75) is 36.5 Å². The fourth-order valence-corrected chi connectivity index (χ4v) is 4.94. The Morgan fingerprint density at radius 3 is 2.69 bits per heavy atom. The summed E-state index contributed by atoms with van der Waals surface area (Å²) < 4.78 is 18.9. The molecule has 1 aromatic carbocycles. The van der Waals surface area contributed by atoms with Crippen LogP contribution in [0.25, 0.3) is 11.5 Å². The van der Waals surface area contributed by atoms with Crippen molar-refractivity contribution in [2.24, 2.45) is 0 Å². The molecule has 1 fully saturated rings. The topological polar surface area (TPSA) is 29.3 Å². The molecule has 0 aliphatic carbocycles. The van der Waals surface area contributed by atoms with E-state index in [9.17, 15) is 4.39 Å². The van der Waals surface area contributed by atoms with E-state index >= 15 is 0 Å². The number of thioether (sulfide) groups is 1. The summed E-state index contributed by atoms with van der Waals surface area (Å²) >= 11 is 3.51. The first kappa shape index (κ1) is 17.8. The number of rotatable bonds is 5. The lowest BCUT2D eigenvalue weighted by Gasteiger charge is -2.31. The molecule has 3 nitrogen and oxygen atoms in total. The standard InChI is InChI=1S/C20H21FN2OS2/c1-14-19(22-20(24-14)15-8-11-25-13-15)12-23-9-6-18(7-10-23)26-17-4-2-16(21)3-5-17/h2-5,8,11,13,18H,6-7,9-10,12H2,1H3. The largest absolute Gasteiger partial charge is 0.441 e. The van der Waals surface area contributed by atoms with Gasteiger partial charge in [0.2, 0.25) is 5.89 Å². The molecule has 0 saturated carbocycles. The van der Waals surface area contributed by atoms with Crippen molar-refractivity contribution in [3.8, 4) is 11.5 Å². The van der Waals surface area contributed by atoms with E-state index < -0.39 is 0 Å². The molecule has 1 aliphatic rings. The summed E-state index contributed by atoms with van der Waals surface area (Å²) in [6.07, 6.45) is 2.27. The molecule has 6 heteroatoms. The Hall–Kier alpha value is -1.63. The van der Waals surface area contributed by atoms with Gasteiger partial charge in [0.25, 0.3) is 0 Å². The predicted molar refractivity (Wildman–Crippen MR) is 105 cm³/mol. The van der Waals surface area contributed by atoms with Gasteiger partial charge < -0.3 is 4.42 Å². The number of aromatic nitrogens is 1. The summed E-state index contributed by atoms with van der Waals surface area (Å²) in [6.45, 7) is 4.95. The molecule has 1 aliphatic heterocycles. The Morgan fingerprint density at radius 2 is 2.00 bits per heavy atom. The second-order valence-electron chi connectivity index (χ2n) is 6.58. The van der Waals surface area contributed by atoms with Gasteiger partial charge in [-0.2, -0.15) is 11.3 Å². The van der Waals surface area contributed by atoms with Crippen LogP contribution in [-0.4, -0.2) is 28.2 Å². The van der Waals surface area contributed by atoms with Crippen LogP contribution in [0.15, 0.2) is 50.4 Å². The van der Waals surface area contributed by atoms with E-state index in [-0.39, 0.29) is 5.82 Å². The summed E-state index contributed by atoms with van der Waals surface area (Å²) in [4.78, 5) is 8.30. The molecule has 0 radical (unpaired) electrons. The Kier molecular flexibility index (Phi) is 5.43. The van der Waals surface area contributed by atoms with Crippen molar-refractivity contribution in [1.29, 1.82) is 0 Å². The minimum atomic E-state index is -0.172. The van der Waals surface area contributed by atoms with Gasteiger partial charge in [-0.15, -0.1) is 11.8 Å². The fraction of sp³-hybridized carbons (Fsp3) is 0.350. The molecule has 3 aromatic rings. The molecule has 26 heavy (non-hydrogen) atoms. The van der Waals surface area contributed by atoms with Gasteiger partial charge >= 0.3 is 0 Å². The highest BCUT2D eigenvalue weighted by Crippen LogP contribution is 2.31. The zero-order chi connectivity index (χ0) is 17.9. The number of halogens is 1. The minimum absolute atomic E-state index is 0.172. The van der Waals surface area contributed by atoms with Crippen molar-refractivity contribution in [3.05, 3.63) is 58.4 Å². The number of hydrogen-bond donors (Lipinski definition) is 0. The molecule has 0 spiro atoms. The quantitative estimate of drug-likeness (QED) is 0.568.